The number of carbonyl (C=O) groups is 1. The highest BCUT2D eigenvalue weighted by Crippen LogP contribution is 2.11. The predicted molar refractivity (Wildman–Crippen MR) is 39.3 cm³/mol. The predicted octanol–water partition coefficient (Wildman–Crippen LogP) is 2.18. The van der Waals surface area contributed by atoms with Gasteiger partial charge in [0.25, 0.3) is 0 Å². The van der Waals surface area contributed by atoms with Crippen LogP contribution in [0.5, 0.6) is 0 Å². The third kappa shape index (κ3) is 2.45. The Hall–Kier alpha value is -0.590. The highest BCUT2D eigenvalue weighted by molar-refractivity contribution is 5.93. The van der Waals surface area contributed by atoms with Gasteiger partial charge in [-0.15, -0.1) is 0 Å². The lowest BCUT2D eigenvalue weighted by atomic mass is 10.1. The van der Waals surface area contributed by atoms with E-state index in [-0.39, 0.29) is 11.7 Å². The first-order valence-corrected chi connectivity index (χ1v) is 3.51. The van der Waals surface area contributed by atoms with Gasteiger partial charge < -0.3 is 0 Å². The molecule has 0 spiro atoms. The number of carbonyl (C=O) groups excluding carboxylic acids is 1. The summed E-state index contributed by atoms with van der Waals surface area (Å²) in [5.41, 5.74) is 0. The first-order chi connectivity index (χ1) is 4.30. The van der Waals surface area contributed by atoms with Gasteiger partial charge in [-0.05, 0) is 12.5 Å². The van der Waals surface area contributed by atoms with Crippen molar-refractivity contribution in [3.05, 3.63) is 12.2 Å². The van der Waals surface area contributed by atoms with E-state index in [1.807, 2.05) is 26.8 Å². The molecule has 1 aliphatic carbocycles. The lowest BCUT2D eigenvalue weighted by molar-refractivity contribution is -0.116. The number of hydrogen-bond acceptors (Lipinski definition) is 1. The van der Waals surface area contributed by atoms with Crippen LogP contribution in [0.2, 0.25) is 0 Å². The Morgan fingerprint density at radius 1 is 1.56 bits per heavy atom. The molecule has 1 unspecified atom stereocenters. The van der Waals surface area contributed by atoms with Gasteiger partial charge in [0, 0.05) is 5.92 Å². The number of ketones is 1. The molecule has 0 saturated heterocycles. The van der Waals surface area contributed by atoms with Gasteiger partial charge in [-0.3, -0.25) is 4.79 Å². The molecule has 1 heteroatoms. The van der Waals surface area contributed by atoms with Crippen molar-refractivity contribution >= 4 is 5.78 Å². The second-order valence-corrected chi connectivity index (χ2v) is 1.94. The van der Waals surface area contributed by atoms with Crippen LogP contribution in [-0.2, 0) is 4.79 Å². The Balaban J connectivity index is 0.000000291. The lowest BCUT2D eigenvalue weighted by Gasteiger charge is -1.91. The summed E-state index contributed by atoms with van der Waals surface area (Å²) >= 11 is 0. The molecule has 0 heterocycles. The molecule has 9 heavy (non-hydrogen) atoms. The van der Waals surface area contributed by atoms with E-state index >= 15 is 0 Å². The molecule has 52 valence electrons. The summed E-state index contributed by atoms with van der Waals surface area (Å²) in [7, 11) is 0. The van der Waals surface area contributed by atoms with Gasteiger partial charge in [-0.1, -0.05) is 26.8 Å². The van der Waals surface area contributed by atoms with E-state index in [0.717, 1.165) is 6.42 Å². The highest BCUT2D eigenvalue weighted by Gasteiger charge is 2.11. The van der Waals surface area contributed by atoms with Gasteiger partial charge >= 0.3 is 0 Å². The number of hydrogen-bond donors (Lipinski definition) is 0. The largest absolute Gasteiger partial charge is 0.295 e. The zero-order valence-electron chi connectivity index (χ0n) is 6.35. The minimum Gasteiger partial charge on any atom is -0.295 e. The molecule has 1 atom stereocenters. The van der Waals surface area contributed by atoms with Crippen LogP contribution in [0, 0.1) is 5.92 Å². The van der Waals surface area contributed by atoms with E-state index in [0.29, 0.717) is 0 Å². The van der Waals surface area contributed by atoms with Crippen LogP contribution >= 0.6 is 0 Å². The summed E-state index contributed by atoms with van der Waals surface area (Å²) in [4.78, 5) is 10.5. The average molecular weight is 126 g/mol. The third-order valence-corrected chi connectivity index (χ3v) is 1.26. The first kappa shape index (κ1) is 8.41. The Kier molecular flexibility index (Phi) is 4.02. The fourth-order valence-electron chi connectivity index (χ4n) is 0.669. The van der Waals surface area contributed by atoms with E-state index in [1.165, 1.54) is 0 Å². The third-order valence-electron chi connectivity index (χ3n) is 1.26. The van der Waals surface area contributed by atoms with Crippen LogP contribution in [-0.4, -0.2) is 5.78 Å². The molecular weight excluding hydrogens is 112 g/mol. The summed E-state index contributed by atoms with van der Waals surface area (Å²) in [5.74, 6) is 0.542. The zero-order valence-corrected chi connectivity index (χ0v) is 6.35. The highest BCUT2D eigenvalue weighted by atomic mass is 16.1. The summed E-state index contributed by atoms with van der Waals surface area (Å²) in [6, 6.07) is 0. The fraction of sp³-hybridized carbons (Fsp3) is 0.625. The van der Waals surface area contributed by atoms with Crippen molar-refractivity contribution in [2.75, 3.05) is 0 Å². The van der Waals surface area contributed by atoms with Crippen molar-refractivity contribution in [1.82, 2.24) is 0 Å². The van der Waals surface area contributed by atoms with E-state index < -0.39 is 0 Å². The molecule has 0 aromatic rings. The quantitative estimate of drug-likeness (QED) is 0.486. The second-order valence-electron chi connectivity index (χ2n) is 1.94. The van der Waals surface area contributed by atoms with Crippen LogP contribution in [0.15, 0.2) is 12.2 Å². The second kappa shape index (κ2) is 4.30. The van der Waals surface area contributed by atoms with Gasteiger partial charge in [-0.25, -0.2) is 0 Å². The van der Waals surface area contributed by atoms with Crippen LogP contribution in [0.1, 0.15) is 27.2 Å². The van der Waals surface area contributed by atoms with Gasteiger partial charge in [0.1, 0.15) is 0 Å². The summed E-state index contributed by atoms with van der Waals surface area (Å²) in [5, 5.41) is 0. The molecule has 0 aromatic heterocycles. The first-order valence-electron chi connectivity index (χ1n) is 3.51. The molecule has 1 nitrogen and oxygen atoms in total. The van der Waals surface area contributed by atoms with E-state index in [9.17, 15) is 4.79 Å². The van der Waals surface area contributed by atoms with Gasteiger partial charge in [-0.2, -0.15) is 0 Å². The molecule has 0 amide bonds. The van der Waals surface area contributed by atoms with Crippen LogP contribution in [0.25, 0.3) is 0 Å². The molecule has 0 aromatic carbocycles. The smallest absolute Gasteiger partial charge is 0.158 e. The number of allylic oxidation sites excluding steroid dienone is 2. The minimum atomic E-state index is 0.264. The van der Waals surface area contributed by atoms with Crippen LogP contribution in [0.4, 0.5) is 0 Å². The molecule has 0 N–H and O–H groups in total. The molecule has 0 saturated carbocycles. The Morgan fingerprint density at radius 2 is 2.11 bits per heavy atom. The Morgan fingerprint density at radius 3 is 2.22 bits per heavy atom. The van der Waals surface area contributed by atoms with Crippen LogP contribution < -0.4 is 0 Å². The lowest BCUT2D eigenvalue weighted by Crippen LogP contribution is -1.98. The topological polar surface area (TPSA) is 17.1 Å². The molecule has 0 aliphatic heterocycles. The summed E-state index contributed by atoms with van der Waals surface area (Å²) < 4.78 is 0. The zero-order chi connectivity index (χ0) is 7.28. The Bertz CT molecular complexity index is 114. The van der Waals surface area contributed by atoms with Crippen molar-refractivity contribution in [2.24, 2.45) is 5.92 Å². The van der Waals surface area contributed by atoms with Crippen molar-refractivity contribution in [3.8, 4) is 0 Å². The van der Waals surface area contributed by atoms with E-state index in [1.54, 1.807) is 6.08 Å². The molecule has 1 aliphatic rings. The number of rotatable bonds is 0. The molecule has 1 rings (SSSR count). The van der Waals surface area contributed by atoms with Crippen molar-refractivity contribution < 1.29 is 4.79 Å². The SMILES string of the molecule is CC.CC1CC=CC1=O. The monoisotopic (exact) mass is 126 g/mol. The Labute approximate surface area is 56.8 Å². The van der Waals surface area contributed by atoms with Gasteiger partial charge in [0.05, 0.1) is 0 Å². The van der Waals surface area contributed by atoms with Gasteiger partial charge in [0.15, 0.2) is 5.78 Å². The molecule has 0 bridgehead atoms. The van der Waals surface area contributed by atoms with Crippen molar-refractivity contribution in [1.29, 1.82) is 0 Å². The van der Waals surface area contributed by atoms with E-state index in [2.05, 4.69) is 0 Å². The maximum Gasteiger partial charge on any atom is 0.158 e. The van der Waals surface area contributed by atoms with Gasteiger partial charge in [0.2, 0.25) is 0 Å². The van der Waals surface area contributed by atoms with Crippen molar-refractivity contribution in [3.63, 3.8) is 0 Å². The van der Waals surface area contributed by atoms with E-state index in [4.69, 9.17) is 0 Å². The fourth-order valence-corrected chi connectivity index (χ4v) is 0.669. The average Bonchev–Trinajstić information content (AvgIpc) is 2.23. The maximum absolute atomic E-state index is 10.5. The summed E-state index contributed by atoms with van der Waals surface area (Å²) in [6.45, 7) is 5.95. The molecule has 0 fully saturated rings. The normalized spacial score (nSPS) is 23.4. The molecular formula is C8H14O. The minimum absolute atomic E-state index is 0.264. The summed E-state index contributed by atoms with van der Waals surface area (Å²) in [6.07, 6.45) is 4.52. The molecule has 0 radical (unpaired) electrons. The van der Waals surface area contributed by atoms with Crippen LogP contribution in [0.3, 0.4) is 0 Å². The standard InChI is InChI=1S/C6H8O.C2H6/c1-5-3-2-4-6(5)7;1-2/h2,4-5H,3H2,1H3;1-2H3. The maximum atomic E-state index is 10.5. The van der Waals surface area contributed by atoms with Crippen molar-refractivity contribution in [2.45, 2.75) is 27.2 Å².